The third-order valence-corrected chi connectivity index (χ3v) is 6.16. The Labute approximate surface area is 213 Å². The monoisotopic (exact) mass is 512 g/mol. The first-order valence-electron chi connectivity index (χ1n) is 12.6. The summed E-state index contributed by atoms with van der Waals surface area (Å²) in [4.78, 5) is 11.3. The summed E-state index contributed by atoms with van der Waals surface area (Å²) in [7, 11) is 0. The van der Waals surface area contributed by atoms with E-state index in [9.17, 15) is 40.5 Å². The van der Waals surface area contributed by atoms with E-state index in [0.717, 1.165) is 19.3 Å². The van der Waals surface area contributed by atoms with Gasteiger partial charge in [-0.15, -0.1) is 0 Å². The molecule has 0 spiro atoms. The van der Waals surface area contributed by atoms with Crippen molar-refractivity contribution in [1.29, 1.82) is 0 Å². The van der Waals surface area contributed by atoms with Crippen molar-refractivity contribution < 1.29 is 45.3 Å². The molecule has 1 rings (SSSR count). The summed E-state index contributed by atoms with van der Waals surface area (Å²) in [6.07, 6.45) is 5.71. The quantitative estimate of drug-likeness (QED) is 0.0903. The lowest BCUT2D eigenvalue weighted by molar-refractivity contribution is -0.174. The van der Waals surface area contributed by atoms with Crippen molar-refractivity contribution in [3.8, 4) is 0 Å². The van der Waals surface area contributed by atoms with Gasteiger partial charge in [-0.1, -0.05) is 69.4 Å². The number of ether oxygens (including phenoxy) is 1. The predicted molar refractivity (Wildman–Crippen MR) is 136 cm³/mol. The van der Waals surface area contributed by atoms with Crippen molar-refractivity contribution in [1.82, 2.24) is 0 Å². The lowest BCUT2D eigenvalue weighted by Gasteiger charge is -2.33. The molecule has 1 fully saturated rings. The van der Waals surface area contributed by atoms with Crippen LogP contribution in [-0.2, 0) is 9.53 Å². The first-order valence-corrected chi connectivity index (χ1v) is 12.6. The standard InChI is InChI=1S/C27H44O9/c1-17(2)15-13-11-9-7-5-4-6-8-10-12-14-16-18(3)19(28)20(29)21(30)22(31)23(32)26-24(33)25(34)27(35)36-26/h5,7-12,14,17-26,28-34H,4,6,13,15-16H2,1-3H3/b7-5+,10-8+,11-9+,14-12+/t18-,19-,20-,21-,22-,23-,24-,25-,26+/m0/s1. The number of carbonyl (C=O) groups is 1. The maximum atomic E-state index is 11.3. The molecule has 0 unspecified atom stereocenters. The molecule has 0 bridgehead atoms. The van der Waals surface area contributed by atoms with Gasteiger partial charge in [0, 0.05) is 0 Å². The van der Waals surface area contributed by atoms with Crippen LogP contribution in [-0.4, -0.2) is 90.5 Å². The average molecular weight is 513 g/mol. The van der Waals surface area contributed by atoms with Crippen LogP contribution >= 0.6 is 0 Å². The summed E-state index contributed by atoms with van der Waals surface area (Å²) >= 11 is 0. The Hall–Kier alpha value is -1.85. The molecule has 36 heavy (non-hydrogen) atoms. The van der Waals surface area contributed by atoms with E-state index in [4.69, 9.17) is 0 Å². The van der Waals surface area contributed by atoms with Gasteiger partial charge in [-0.3, -0.25) is 0 Å². The Morgan fingerprint density at radius 2 is 1.25 bits per heavy atom. The minimum absolute atomic E-state index is 0.375. The van der Waals surface area contributed by atoms with E-state index >= 15 is 0 Å². The first kappa shape index (κ1) is 32.2. The third-order valence-electron chi connectivity index (χ3n) is 6.16. The summed E-state index contributed by atoms with van der Waals surface area (Å²) in [5, 5.41) is 70.3. The molecular weight excluding hydrogens is 468 g/mol. The van der Waals surface area contributed by atoms with Crippen LogP contribution in [0.2, 0.25) is 0 Å². The second kappa shape index (κ2) is 16.8. The fraction of sp³-hybridized carbons (Fsp3) is 0.667. The Morgan fingerprint density at radius 3 is 1.75 bits per heavy atom. The number of carbonyl (C=O) groups excluding carboxylic acids is 1. The van der Waals surface area contributed by atoms with Gasteiger partial charge in [-0.05, 0) is 43.9 Å². The summed E-state index contributed by atoms with van der Waals surface area (Å²) in [6.45, 7) is 6.07. The molecule has 9 nitrogen and oxygen atoms in total. The topological polar surface area (TPSA) is 168 Å². The molecule has 9 atom stereocenters. The number of allylic oxidation sites excluding steroid dienone is 8. The number of aliphatic hydroxyl groups is 7. The van der Waals surface area contributed by atoms with E-state index < -0.39 is 60.7 Å². The SMILES string of the molecule is CC(C)CC/C=C/C=C/CC/C=C/C=C/C[C@H](C)[C@H](O)[C@H](O)[C@H](O)[C@H](O)[C@H](O)[C@H]1OC(=O)[C@@H](O)[C@@H]1O. The zero-order chi connectivity index (χ0) is 27.3. The fourth-order valence-electron chi connectivity index (χ4n) is 3.66. The number of rotatable bonds is 16. The number of hydrogen-bond acceptors (Lipinski definition) is 9. The van der Waals surface area contributed by atoms with Gasteiger partial charge < -0.3 is 40.5 Å². The largest absolute Gasteiger partial charge is 0.455 e. The highest BCUT2D eigenvalue weighted by Crippen LogP contribution is 2.24. The van der Waals surface area contributed by atoms with Crippen LogP contribution in [0.3, 0.4) is 0 Å². The third kappa shape index (κ3) is 10.6. The number of cyclic esters (lactones) is 1. The Balaban J connectivity index is 2.38. The van der Waals surface area contributed by atoms with Gasteiger partial charge in [0.2, 0.25) is 0 Å². The molecule has 0 aromatic heterocycles. The molecule has 1 aliphatic heterocycles. The van der Waals surface area contributed by atoms with Gasteiger partial charge in [0.05, 0.1) is 6.10 Å². The Bertz CT molecular complexity index is 746. The number of esters is 1. The minimum atomic E-state index is -2.05. The molecule has 7 N–H and O–H groups in total. The molecule has 0 amide bonds. The van der Waals surface area contributed by atoms with Crippen molar-refractivity contribution in [2.75, 3.05) is 0 Å². The molecule has 9 heteroatoms. The zero-order valence-electron chi connectivity index (χ0n) is 21.4. The van der Waals surface area contributed by atoms with Gasteiger partial charge in [0.15, 0.2) is 12.2 Å². The normalized spacial score (nSPS) is 26.3. The van der Waals surface area contributed by atoms with E-state index in [2.05, 4.69) is 42.9 Å². The molecule has 1 saturated heterocycles. The molecule has 0 aliphatic carbocycles. The average Bonchev–Trinajstić information content (AvgIpc) is 3.11. The summed E-state index contributed by atoms with van der Waals surface area (Å²) in [5.74, 6) is -0.958. The molecule has 0 aromatic carbocycles. The van der Waals surface area contributed by atoms with Gasteiger partial charge in [0.25, 0.3) is 0 Å². The van der Waals surface area contributed by atoms with Crippen molar-refractivity contribution in [3.05, 3.63) is 48.6 Å². The maximum Gasteiger partial charge on any atom is 0.338 e. The smallest absolute Gasteiger partial charge is 0.338 e. The molecule has 0 saturated carbocycles. The van der Waals surface area contributed by atoms with Crippen LogP contribution in [0, 0.1) is 11.8 Å². The minimum Gasteiger partial charge on any atom is -0.455 e. The molecule has 1 heterocycles. The van der Waals surface area contributed by atoms with E-state index in [1.54, 1.807) is 13.0 Å². The van der Waals surface area contributed by atoms with Crippen molar-refractivity contribution in [2.24, 2.45) is 11.8 Å². The molecular formula is C27H44O9. The van der Waals surface area contributed by atoms with E-state index in [0.29, 0.717) is 12.3 Å². The van der Waals surface area contributed by atoms with Crippen molar-refractivity contribution in [2.45, 2.75) is 102 Å². The van der Waals surface area contributed by atoms with E-state index in [-0.39, 0.29) is 0 Å². The van der Waals surface area contributed by atoms with Crippen molar-refractivity contribution in [3.63, 3.8) is 0 Å². The van der Waals surface area contributed by atoms with Gasteiger partial charge >= 0.3 is 5.97 Å². The van der Waals surface area contributed by atoms with Gasteiger partial charge in [-0.25, -0.2) is 4.79 Å². The first-order chi connectivity index (χ1) is 17.0. The van der Waals surface area contributed by atoms with Crippen LogP contribution in [0.1, 0.15) is 52.9 Å². The summed E-state index contributed by atoms with van der Waals surface area (Å²) in [6, 6.07) is 0. The van der Waals surface area contributed by atoms with E-state index in [1.165, 1.54) is 6.42 Å². The molecule has 0 aromatic rings. The number of hydrogen-bond donors (Lipinski definition) is 7. The van der Waals surface area contributed by atoms with Crippen LogP contribution < -0.4 is 0 Å². The second-order valence-corrected chi connectivity index (χ2v) is 9.76. The maximum absolute atomic E-state index is 11.3. The van der Waals surface area contributed by atoms with Crippen molar-refractivity contribution >= 4 is 5.97 Å². The zero-order valence-corrected chi connectivity index (χ0v) is 21.4. The molecule has 0 radical (unpaired) electrons. The van der Waals surface area contributed by atoms with E-state index in [1.807, 2.05) is 18.2 Å². The number of unbranched alkanes of at least 4 members (excludes halogenated alkanes) is 1. The highest BCUT2D eigenvalue weighted by atomic mass is 16.6. The van der Waals surface area contributed by atoms with Crippen LogP contribution in [0.4, 0.5) is 0 Å². The lowest BCUT2D eigenvalue weighted by atomic mass is 9.89. The van der Waals surface area contributed by atoms with Gasteiger partial charge in [-0.2, -0.15) is 0 Å². The van der Waals surface area contributed by atoms with Crippen LogP contribution in [0.15, 0.2) is 48.6 Å². The summed E-state index contributed by atoms with van der Waals surface area (Å²) < 4.78 is 4.61. The predicted octanol–water partition coefficient (Wildman–Crippen LogP) is 0.905. The Morgan fingerprint density at radius 1 is 0.750 bits per heavy atom. The summed E-state index contributed by atoms with van der Waals surface area (Å²) in [5.41, 5.74) is 0. The lowest BCUT2D eigenvalue weighted by Crippen LogP contribution is -2.55. The molecule has 1 aliphatic rings. The highest BCUT2D eigenvalue weighted by molar-refractivity contribution is 5.77. The Kier molecular flexibility index (Phi) is 15.0. The van der Waals surface area contributed by atoms with Gasteiger partial charge in [0.1, 0.15) is 30.5 Å². The number of aliphatic hydroxyl groups excluding tert-OH is 7. The molecule has 206 valence electrons. The van der Waals surface area contributed by atoms with Crippen LogP contribution in [0.5, 0.6) is 0 Å². The second-order valence-electron chi connectivity index (χ2n) is 9.76. The highest BCUT2D eigenvalue weighted by Gasteiger charge is 2.50. The fourth-order valence-corrected chi connectivity index (χ4v) is 3.66. The van der Waals surface area contributed by atoms with Crippen LogP contribution in [0.25, 0.3) is 0 Å².